The van der Waals surface area contributed by atoms with Gasteiger partial charge in [0.25, 0.3) is 0 Å². The molecule has 21 heavy (non-hydrogen) atoms. The van der Waals surface area contributed by atoms with Crippen molar-refractivity contribution in [3.8, 4) is 0 Å². The normalized spacial score (nSPS) is 15.9. The summed E-state index contributed by atoms with van der Waals surface area (Å²) in [5.41, 5.74) is 6.08. The summed E-state index contributed by atoms with van der Waals surface area (Å²) in [6.45, 7) is 0. The van der Waals surface area contributed by atoms with E-state index in [2.05, 4.69) is 5.32 Å². The van der Waals surface area contributed by atoms with Gasteiger partial charge in [0.05, 0.1) is 5.69 Å². The van der Waals surface area contributed by atoms with E-state index in [1.54, 1.807) is 0 Å². The van der Waals surface area contributed by atoms with Crippen LogP contribution in [0, 0.1) is 5.82 Å². The van der Waals surface area contributed by atoms with Gasteiger partial charge in [-0.1, -0.05) is 19.3 Å². The third-order valence-corrected chi connectivity index (χ3v) is 5.20. The average Bonchev–Trinajstić information content (AvgIpc) is 2.49. The molecule has 0 aliphatic heterocycles. The molecule has 0 bridgehead atoms. The maximum Gasteiger partial charge on any atom is 0.224 e. The Hall–Kier alpha value is -1.23. The third kappa shape index (κ3) is 5.58. The van der Waals surface area contributed by atoms with E-state index in [1.807, 2.05) is 11.8 Å². The Morgan fingerprint density at radius 2 is 2.10 bits per heavy atom. The highest BCUT2D eigenvalue weighted by atomic mass is 32.2. The second-order valence-electron chi connectivity index (χ2n) is 5.52. The van der Waals surface area contributed by atoms with E-state index in [0.29, 0.717) is 12.1 Å². The van der Waals surface area contributed by atoms with Crippen molar-refractivity contribution < 1.29 is 9.18 Å². The molecule has 0 atom stereocenters. The fraction of sp³-hybridized carbons (Fsp3) is 0.562. The van der Waals surface area contributed by atoms with Gasteiger partial charge in [-0.3, -0.25) is 4.79 Å². The van der Waals surface area contributed by atoms with Crippen molar-refractivity contribution in [3.63, 3.8) is 0 Å². The fourth-order valence-electron chi connectivity index (χ4n) is 2.56. The van der Waals surface area contributed by atoms with Crippen molar-refractivity contribution in [1.82, 2.24) is 0 Å². The lowest BCUT2D eigenvalue weighted by Crippen LogP contribution is -2.13. The van der Waals surface area contributed by atoms with E-state index in [-0.39, 0.29) is 11.6 Å². The molecule has 1 aromatic rings. The molecule has 2 rings (SSSR count). The van der Waals surface area contributed by atoms with Gasteiger partial charge < -0.3 is 11.1 Å². The first-order valence-corrected chi connectivity index (χ1v) is 8.66. The molecule has 116 valence electrons. The third-order valence-electron chi connectivity index (χ3n) is 3.73. The summed E-state index contributed by atoms with van der Waals surface area (Å²) in [6.07, 6.45) is 8.10. The Balaban J connectivity index is 1.63. The van der Waals surface area contributed by atoms with Gasteiger partial charge in [-0.05, 0) is 43.2 Å². The fourth-order valence-corrected chi connectivity index (χ4v) is 3.87. The zero-order valence-electron chi connectivity index (χ0n) is 12.2. The quantitative estimate of drug-likeness (QED) is 0.612. The van der Waals surface area contributed by atoms with Crippen LogP contribution in [-0.2, 0) is 4.79 Å². The van der Waals surface area contributed by atoms with Crippen molar-refractivity contribution in [2.45, 2.75) is 50.2 Å². The van der Waals surface area contributed by atoms with E-state index in [1.165, 1.54) is 50.3 Å². The van der Waals surface area contributed by atoms with E-state index in [4.69, 9.17) is 5.73 Å². The summed E-state index contributed by atoms with van der Waals surface area (Å²) in [5.74, 6) is 0.533. The Bertz CT molecular complexity index is 475. The van der Waals surface area contributed by atoms with Crippen LogP contribution in [0.25, 0.3) is 0 Å². The maximum atomic E-state index is 13.0. The van der Waals surface area contributed by atoms with Gasteiger partial charge in [0.1, 0.15) is 5.82 Å². The number of halogens is 1. The van der Waals surface area contributed by atoms with Crippen molar-refractivity contribution in [1.29, 1.82) is 0 Å². The van der Waals surface area contributed by atoms with Crippen molar-refractivity contribution >= 4 is 29.0 Å². The molecule has 1 aliphatic carbocycles. The van der Waals surface area contributed by atoms with E-state index < -0.39 is 5.82 Å². The highest BCUT2D eigenvalue weighted by Gasteiger charge is 2.13. The topological polar surface area (TPSA) is 55.1 Å². The van der Waals surface area contributed by atoms with Crippen molar-refractivity contribution in [2.75, 3.05) is 16.8 Å². The number of thioether (sulfide) groups is 1. The lowest BCUT2D eigenvalue weighted by Gasteiger charge is -2.20. The highest BCUT2D eigenvalue weighted by Crippen LogP contribution is 2.28. The summed E-state index contributed by atoms with van der Waals surface area (Å²) >= 11 is 2.00. The zero-order valence-corrected chi connectivity index (χ0v) is 13.1. The average molecular weight is 310 g/mol. The smallest absolute Gasteiger partial charge is 0.224 e. The van der Waals surface area contributed by atoms with E-state index >= 15 is 0 Å². The second kappa shape index (κ2) is 8.27. The van der Waals surface area contributed by atoms with Crippen LogP contribution in [0.1, 0.15) is 44.9 Å². The molecular formula is C16H23FN2OS. The Morgan fingerprint density at radius 1 is 1.33 bits per heavy atom. The molecule has 0 unspecified atom stereocenters. The number of nitrogens with two attached hydrogens (primary N) is 1. The number of nitrogens with one attached hydrogen (secondary N) is 1. The van der Waals surface area contributed by atoms with E-state index in [0.717, 1.165) is 17.4 Å². The number of benzene rings is 1. The molecule has 5 heteroatoms. The number of amides is 1. The highest BCUT2D eigenvalue weighted by molar-refractivity contribution is 7.99. The van der Waals surface area contributed by atoms with Gasteiger partial charge in [-0.15, -0.1) is 0 Å². The number of carbonyl (C=O) groups excluding carboxylic acids is 1. The molecule has 1 saturated carbocycles. The van der Waals surface area contributed by atoms with E-state index in [9.17, 15) is 9.18 Å². The lowest BCUT2D eigenvalue weighted by atomic mass is 10.0. The van der Waals surface area contributed by atoms with Crippen LogP contribution in [0.2, 0.25) is 0 Å². The minimum atomic E-state index is -0.461. The molecule has 1 aromatic carbocycles. The SMILES string of the molecule is Nc1cc(NC(=O)CCCSC2CCCCC2)ccc1F. The van der Waals surface area contributed by atoms with Crippen LogP contribution in [0.5, 0.6) is 0 Å². The van der Waals surface area contributed by atoms with Crippen LogP contribution >= 0.6 is 11.8 Å². The molecule has 1 fully saturated rings. The van der Waals surface area contributed by atoms with Crippen LogP contribution in [0.15, 0.2) is 18.2 Å². The molecule has 0 saturated heterocycles. The number of anilines is 2. The molecule has 1 aliphatic rings. The predicted molar refractivity (Wildman–Crippen MR) is 88.0 cm³/mol. The summed E-state index contributed by atoms with van der Waals surface area (Å²) in [7, 11) is 0. The Labute approximate surface area is 129 Å². The summed E-state index contributed by atoms with van der Waals surface area (Å²) < 4.78 is 13.0. The van der Waals surface area contributed by atoms with Gasteiger partial charge in [-0.2, -0.15) is 11.8 Å². The van der Waals surface area contributed by atoms with Crippen LogP contribution in [-0.4, -0.2) is 16.9 Å². The first-order chi connectivity index (χ1) is 10.1. The molecule has 3 nitrogen and oxygen atoms in total. The largest absolute Gasteiger partial charge is 0.396 e. The van der Waals surface area contributed by atoms with Gasteiger partial charge in [-0.25, -0.2) is 4.39 Å². The van der Waals surface area contributed by atoms with Gasteiger partial charge in [0, 0.05) is 17.4 Å². The van der Waals surface area contributed by atoms with Crippen LogP contribution < -0.4 is 11.1 Å². The predicted octanol–water partition coefficient (Wildman–Crippen LogP) is 4.19. The molecule has 1 amide bonds. The number of rotatable bonds is 6. The van der Waals surface area contributed by atoms with Crippen molar-refractivity contribution in [2.24, 2.45) is 0 Å². The van der Waals surface area contributed by atoms with Gasteiger partial charge in [0.15, 0.2) is 0 Å². The second-order valence-corrected chi connectivity index (χ2v) is 6.93. The molecule has 0 radical (unpaired) electrons. The van der Waals surface area contributed by atoms with Crippen LogP contribution in [0.3, 0.4) is 0 Å². The molecule has 3 N–H and O–H groups in total. The van der Waals surface area contributed by atoms with Gasteiger partial charge >= 0.3 is 0 Å². The Morgan fingerprint density at radius 3 is 2.81 bits per heavy atom. The maximum absolute atomic E-state index is 13.0. The van der Waals surface area contributed by atoms with Gasteiger partial charge in [0.2, 0.25) is 5.91 Å². The number of hydrogen-bond acceptors (Lipinski definition) is 3. The summed E-state index contributed by atoms with van der Waals surface area (Å²) in [5, 5.41) is 3.54. The number of carbonyl (C=O) groups is 1. The lowest BCUT2D eigenvalue weighted by molar-refractivity contribution is -0.116. The molecule has 0 spiro atoms. The summed E-state index contributed by atoms with van der Waals surface area (Å²) in [4.78, 5) is 11.8. The summed E-state index contributed by atoms with van der Waals surface area (Å²) in [6, 6.07) is 4.24. The molecular weight excluding hydrogens is 287 g/mol. The first-order valence-electron chi connectivity index (χ1n) is 7.61. The van der Waals surface area contributed by atoms with Crippen molar-refractivity contribution in [3.05, 3.63) is 24.0 Å². The minimum absolute atomic E-state index is 0.0368. The monoisotopic (exact) mass is 310 g/mol. The first kappa shape index (κ1) is 16.1. The number of nitrogen functional groups attached to an aromatic ring is 1. The standard InChI is InChI=1S/C16H23FN2OS/c17-14-9-8-12(11-15(14)18)19-16(20)7-4-10-21-13-5-2-1-3-6-13/h8-9,11,13H,1-7,10,18H2,(H,19,20). The molecule has 0 heterocycles. The number of hydrogen-bond donors (Lipinski definition) is 2. The minimum Gasteiger partial charge on any atom is -0.396 e. The molecule has 0 aromatic heterocycles. The van der Waals surface area contributed by atoms with Crippen LogP contribution in [0.4, 0.5) is 15.8 Å². The Kier molecular flexibility index (Phi) is 6.36. The zero-order chi connectivity index (χ0) is 15.1.